The van der Waals surface area contributed by atoms with Crippen LogP contribution in [0, 0.1) is 5.92 Å². The number of ketones is 1. The lowest BCUT2D eigenvalue weighted by molar-refractivity contribution is -0.138. The van der Waals surface area contributed by atoms with Crippen LogP contribution in [-0.2, 0) is 30.2 Å². The Morgan fingerprint density at radius 1 is 0.969 bits per heavy atom. The van der Waals surface area contributed by atoms with Crippen molar-refractivity contribution in [3.05, 3.63) is 77.2 Å². The van der Waals surface area contributed by atoms with Gasteiger partial charge in [0.2, 0.25) is 0 Å². The van der Waals surface area contributed by atoms with Crippen molar-refractivity contribution in [2.24, 2.45) is 5.92 Å². The average molecular weight is 441 g/mol. The van der Waals surface area contributed by atoms with Crippen LogP contribution in [0.4, 0.5) is 19.0 Å². The van der Waals surface area contributed by atoms with Gasteiger partial charge in [0.15, 0.2) is 5.82 Å². The number of halogens is 3. The number of hydrogen-bond acceptors (Lipinski definition) is 6. The van der Waals surface area contributed by atoms with Crippen molar-refractivity contribution < 1.29 is 18.0 Å². The first-order valence-electron chi connectivity index (χ1n) is 10.4. The minimum absolute atomic E-state index is 0.0270. The molecule has 32 heavy (non-hydrogen) atoms. The van der Waals surface area contributed by atoms with Gasteiger partial charge in [-0.1, -0.05) is 18.2 Å². The first-order valence-corrected chi connectivity index (χ1v) is 10.4. The van der Waals surface area contributed by atoms with Gasteiger partial charge in [-0.05, 0) is 54.7 Å². The van der Waals surface area contributed by atoms with Crippen molar-refractivity contribution in [3.63, 3.8) is 0 Å². The summed E-state index contributed by atoms with van der Waals surface area (Å²) in [5, 5.41) is 16.4. The molecule has 1 fully saturated rings. The zero-order valence-corrected chi connectivity index (χ0v) is 17.3. The van der Waals surface area contributed by atoms with Crippen LogP contribution in [0.3, 0.4) is 0 Å². The number of rotatable bonds is 7. The summed E-state index contributed by atoms with van der Waals surface area (Å²) in [4.78, 5) is 14.5. The maximum Gasteiger partial charge on any atom is 0.416 e. The van der Waals surface area contributed by atoms with E-state index in [1.807, 2.05) is 18.2 Å². The molecule has 2 aromatic heterocycles. The predicted octanol–water partition coefficient (Wildman–Crippen LogP) is 3.71. The molecule has 0 saturated carbocycles. The number of anilines is 1. The van der Waals surface area contributed by atoms with Gasteiger partial charge in [0.05, 0.1) is 23.4 Å². The number of alkyl halides is 3. The largest absolute Gasteiger partial charge is 0.416 e. The summed E-state index contributed by atoms with van der Waals surface area (Å²) >= 11 is 0. The Hall–Kier alpha value is -3.36. The van der Waals surface area contributed by atoms with Crippen molar-refractivity contribution >= 4 is 11.6 Å². The highest BCUT2D eigenvalue weighted by Gasteiger charge is 2.33. The third-order valence-electron chi connectivity index (χ3n) is 5.53. The van der Waals surface area contributed by atoms with E-state index in [0.29, 0.717) is 11.6 Å². The van der Waals surface area contributed by atoms with Crippen LogP contribution in [0.15, 0.2) is 54.7 Å². The highest BCUT2D eigenvalue weighted by atomic mass is 19.4. The molecular weight excluding hydrogens is 419 g/mol. The molecule has 1 atom stereocenters. The Bertz CT molecular complexity index is 1060. The Morgan fingerprint density at radius 3 is 2.53 bits per heavy atom. The molecule has 0 bridgehead atoms. The molecule has 0 N–H and O–H groups in total. The Morgan fingerprint density at radius 2 is 1.81 bits per heavy atom. The Labute approximate surface area is 183 Å². The maximum atomic E-state index is 13.1. The third kappa shape index (κ3) is 5.46. The summed E-state index contributed by atoms with van der Waals surface area (Å²) in [5.74, 6) is 0.836. The lowest BCUT2D eigenvalue weighted by Crippen LogP contribution is -2.22. The number of carbonyl (C=O) groups is 1. The van der Waals surface area contributed by atoms with Crippen molar-refractivity contribution in [1.82, 2.24) is 20.4 Å². The lowest BCUT2D eigenvalue weighted by Gasteiger charge is -2.17. The highest BCUT2D eigenvalue weighted by Crippen LogP contribution is 2.32. The molecule has 1 aromatic carbocycles. The summed E-state index contributed by atoms with van der Waals surface area (Å²) in [7, 11) is 0. The van der Waals surface area contributed by atoms with Crippen LogP contribution in [0.1, 0.15) is 28.9 Å². The zero-order chi connectivity index (χ0) is 22.6. The molecule has 1 saturated heterocycles. The van der Waals surface area contributed by atoms with E-state index in [0.717, 1.165) is 43.5 Å². The van der Waals surface area contributed by atoms with E-state index in [-0.39, 0.29) is 24.2 Å². The molecule has 0 spiro atoms. The van der Waals surface area contributed by atoms with Crippen molar-refractivity contribution in [3.8, 4) is 0 Å². The van der Waals surface area contributed by atoms with Crippen LogP contribution in [-0.4, -0.2) is 39.3 Å². The zero-order valence-electron chi connectivity index (χ0n) is 17.3. The summed E-state index contributed by atoms with van der Waals surface area (Å²) in [5.41, 5.74) is 0.602. The second-order valence-electron chi connectivity index (χ2n) is 7.95. The highest BCUT2D eigenvalue weighted by molar-refractivity contribution is 5.83. The lowest BCUT2D eigenvalue weighted by atomic mass is 10.00. The summed E-state index contributed by atoms with van der Waals surface area (Å²) in [6.07, 6.45) is -1.33. The molecule has 0 radical (unpaired) electrons. The third-order valence-corrected chi connectivity index (χ3v) is 5.53. The normalized spacial score (nSPS) is 16.3. The van der Waals surface area contributed by atoms with Gasteiger partial charge in [-0.15, -0.1) is 5.10 Å². The quantitative estimate of drug-likeness (QED) is 0.557. The van der Waals surface area contributed by atoms with Crippen molar-refractivity contribution in [1.29, 1.82) is 0 Å². The number of hydrogen-bond donors (Lipinski definition) is 0. The van der Waals surface area contributed by atoms with E-state index in [4.69, 9.17) is 0 Å². The van der Waals surface area contributed by atoms with E-state index in [9.17, 15) is 18.0 Å². The Balaban J connectivity index is 1.33. The summed E-state index contributed by atoms with van der Waals surface area (Å²) in [6.45, 7) is 1.68. The van der Waals surface area contributed by atoms with Crippen LogP contribution in [0.5, 0.6) is 0 Å². The fourth-order valence-electron chi connectivity index (χ4n) is 3.99. The average Bonchev–Trinajstić information content (AvgIpc) is 3.23. The van der Waals surface area contributed by atoms with Crippen LogP contribution < -0.4 is 4.90 Å². The fraction of sp³-hybridized carbons (Fsp3) is 0.348. The molecule has 0 aliphatic carbocycles. The fourth-order valence-corrected chi connectivity index (χ4v) is 3.99. The standard InChI is InChI=1S/C23H22F3N5O/c24-23(25,26)21-6-2-1-4-17(21)13-20(32)14-19-7-8-22(30-29-19)31-11-9-16(15-31)12-18-5-3-10-27-28-18/h1-8,10,16H,9,11-15H2/t16-/m0/s1. The van der Waals surface area contributed by atoms with Gasteiger partial charge < -0.3 is 4.90 Å². The van der Waals surface area contributed by atoms with E-state index < -0.39 is 11.7 Å². The van der Waals surface area contributed by atoms with E-state index in [2.05, 4.69) is 25.3 Å². The van der Waals surface area contributed by atoms with Gasteiger partial charge in [0.1, 0.15) is 5.78 Å². The molecular formula is C23H22F3N5O. The van der Waals surface area contributed by atoms with Crippen molar-refractivity contribution in [2.45, 2.75) is 31.9 Å². The van der Waals surface area contributed by atoms with Crippen LogP contribution in [0.25, 0.3) is 0 Å². The molecule has 6 nitrogen and oxygen atoms in total. The molecule has 9 heteroatoms. The molecule has 3 heterocycles. The van der Waals surface area contributed by atoms with Crippen LogP contribution in [0.2, 0.25) is 0 Å². The van der Waals surface area contributed by atoms with Gasteiger partial charge in [0.25, 0.3) is 0 Å². The van der Waals surface area contributed by atoms with Crippen LogP contribution >= 0.6 is 0 Å². The minimum atomic E-state index is -4.49. The van der Waals surface area contributed by atoms with Gasteiger partial charge >= 0.3 is 6.18 Å². The topological polar surface area (TPSA) is 71.9 Å². The minimum Gasteiger partial charge on any atom is -0.355 e. The monoisotopic (exact) mass is 441 g/mol. The van der Waals surface area contributed by atoms with Gasteiger partial charge in [-0.2, -0.15) is 28.5 Å². The van der Waals surface area contributed by atoms with E-state index >= 15 is 0 Å². The van der Waals surface area contributed by atoms with Crippen molar-refractivity contribution in [2.75, 3.05) is 18.0 Å². The van der Waals surface area contributed by atoms with Gasteiger partial charge in [-0.25, -0.2) is 0 Å². The number of aromatic nitrogens is 4. The number of Topliss-reactive ketones (excluding diaryl/α,β-unsaturated/α-hetero) is 1. The molecule has 166 valence electrons. The number of benzene rings is 1. The predicted molar refractivity (Wildman–Crippen MR) is 112 cm³/mol. The second-order valence-corrected chi connectivity index (χ2v) is 7.95. The second kappa shape index (κ2) is 9.42. The molecule has 1 aliphatic rings. The SMILES string of the molecule is O=C(Cc1ccc(N2CC[C@@H](Cc3cccnn3)C2)nn1)Cc1ccccc1C(F)(F)F. The van der Waals surface area contributed by atoms with Gasteiger partial charge in [-0.3, -0.25) is 4.79 Å². The molecule has 1 aliphatic heterocycles. The smallest absolute Gasteiger partial charge is 0.355 e. The number of nitrogens with zero attached hydrogens (tertiary/aromatic N) is 5. The molecule has 0 amide bonds. The maximum absolute atomic E-state index is 13.1. The summed E-state index contributed by atoms with van der Waals surface area (Å²) < 4.78 is 39.4. The van der Waals surface area contributed by atoms with E-state index in [1.165, 1.54) is 18.2 Å². The first-order chi connectivity index (χ1) is 15.4. The molecule has 3 aromatic rings. The molecule has 0 unspecified atom stereocenters. The molecule has 4 rings (SSSR count). The van der Waals surface area contributed by atoms with E-state index in [1.54, 1.807) is 12.3 Å². The van der Waals surface area contributed by atoms with Gasteiger partial charge in [0, 0.05) is 25.7 Å². The summed E-state index contributed by atoms with van der Waals surface area (Å²) in [6, 6.07) is 12.5. The Kier molecular flexibility index (Phi) is 6.43. The first kappa shape index (κ1) is 21.9. The number of carbonyl (C=O) groups excluding carboxylic acids is 1.